The highest BCUT2D eigenvalue weighted by Crippen LogP contribution is 2.29. The first kappa shape index (κ1) is 72.5. The van der Waals surface area contributed by atoms with Crippen LogP contribution in [0.4, 0.5) is 35.9 Å². The molecule has 94 heavy (non-hydrogen) atoms. The number of carbonyl (C=O) groups excluding carboxylic acids is 1. The van der Waals surface area contributed by atoms with Gasteiger partial charge in [-0.2, -0.15) is 0 Å². The van der Waals surface area contributed by atoms with Crippen molar-refractivity contribution in [3.63, 3.8) is 0 Å². The third-order valence-electron chi connectivity index (χ3n) is 13.1. The molecular weight excluding hydrogens is 1500 g/mol. The van der Waals surface area contributed by atoms with Crippen LogP contribution in [0.5, 0.6) is 0 Å². The second-order valence-electron chi connectivity index (χ2n) is 19.8. The van der Waals surface area contributed by atoms with Gasteiger partial charge in [0.2, 0.25) is 0 Å². The SMILES string of the molecule is C1CNC1.Nc1cc(-c2ccccc2)ccc1F.Nc1cc(Br)c[nH]c1=O.O=C(c1c[nH]c(=O)c(S(=O)(=O)Nc2cc(-c3ccccc3)ccc2F)c1)N1CCC1.O=c1[nH]cc(Br)cc1S(=O)(=O)Cl.O=c1[nH]cc(Br)cc1S(=O)(=O)Nc1cc(-c2ccccc2)ccc1F. The Bertz CT molecular complexity index is 4920. The Hall–Kier alpha value is -8.88. The van der Waals surface area contributed by atoms with Crippen LogP contribution in [0.3, 0.4) is 0 Å². The summed E-state index contributed by atoms with van der Waals surface area (Å²) in [6.45, 7) is 3.66. The quantitative estimate of drug-likeness (QED) is 0.0429. The largest absolute Gasteiger partial charge is 0.396 e. The molecular formula is C63H55Br3ClF3N10O11S3. The predicted molar refractivity (Wildman–Crippen MR) is 368 cm³/mol. The summed E-state index contributed by atoms with van der Waals surface area (Å²) < 4.78 is 119. The summed E-state index contributed by atoms with van der Waals surface area (Å²) in [5.41, 5.74) is 12.8. The Morgan fingerprint density at radius 2 is 0.809 bits per heavy atom. The second-order valence-corrected chi connectivity index (χ2v) is 28.4. The third-order valence-corrected chi connectivity index (χ3v) is 18.6. The molecule has 12 rings (SSSR count). The molecule has 21 nitrogen and oxygen atoms in total. The van der Waals surface area contributed by atoms with E-state index in [0.29, 0.717) is 33.2 Å². The number of aromatic amines is 4. The van der Waals surface area contributed by atoms with Crippen LogP contribution in [0, 0.1) is 17.5 Å². The van der Waals surface area contributed by atoms with E-state index in [0.717, 1.165) is 57.4 Å². The van der Waals surface area contributed by atoms with E-state index in [4.69, 9.17) is 22.1 Å². The summed E-state index contributed by atoms with van der Waals surface area (Å²) >= 11 is 9.24. The molecule has 0 aliphatic carbocycles. The van der Waals surface area contributed by atoms with E-state index in [-0.39, 0.29) is 45.6 Å². The third kappa shape index (κ3) is 20.8. The molecule has 0 unspecified atom stereocenters. The molecule has 490 valence electrons. The Morgan fingerprint density at radius 3 is 1.17 bits per heavy atom. The number of nitrogen functional groups attached to an aromatic ring is 2. The van der Waals surface area contributed by atoms with Gasteiger partial charge in [-0.1, -0.05) is 109 Å². The number of aromatic nitrogens is 4. The fraction of sp³-hybridized carbons (Fsp3) is 0.0952. The maximum absolute atomic E-state index is 14.3. The smallest absolute Gasteiger partial charge is 0.271 e. The van der Waals surface area contributed by atoms with Crippen molar-refractivity contribution < 1.29 is 43.2 Å². The number of sulfonamides is 2. The Labute approximate surface area is 565 Å². The second kappa shape index (κ2) is 33.3. The number of pyridine rings is 4. The van der Waals surface area contributed by atoms with Crippen molar-refractivity contribution in [2.24, 2.45) is 0 Å². The van der Waals surface area contributed by atoms with Gasteiger partial charge in [0.05, 0.1) is 28.3 Å². The number of hydrogen-bond acceptors (Lipinski definition) is 14. The van der Waals surface area contributed by atoms with Crippen molar-refractivity contribution in [3.05, 3.63) is 272 Å². The van der Waals surface area contributed by atoms with E-state index in [1.165, 1.54) is 68.4 Å². The normalized spacial score (nSPS) is 12.2. The van der Waals surface area contributed by atoms with Crippen LogP contribution in [0.1, 0.15) is 23.2 Å². The fourth-order valence-electron chi connectivity index (χ4n) is 7.98. The van der Waals surface area contributed by atoms with Gasteiger partial charge in [0, 0.05) is 62.0 Å². The molecule has 31 heteroatoms. The molecule has 0 spiro atoms. The van der Waals surface area contributed by atoms with Crippen molar-refractivity contribution in [1.29, 1.82) is 0 Å². The molecule has 0 saturated carbocycles. The number of anilines is 4. The molecule has 4 aromatic heterocycles. The highest BCUT2D eigenvalue weighted by Gasteiger charge is 2.27. The van der Waals surface area contributed by atoms with Gasteiger partial charge in [0.1, 0.15) is 22.3 Å². The lowest BCUT2D eigenvalue weighted by Crippen LogP contribution is -2.42. The summed E-state index contributed by atoms with van der Waals surface area (Å²) in [7, 11) is -7.68. The monoisotopic (exact) mass is 1550 g/mol. The number of carbonyl (C=O) groups is 1. The van der Waals surface area contributed by atoms with Crippen molar-refractivity contribution in [2.75, 3.05) is 47.1 Å². The highest BCUT2D eigenvalue weighted by atomic mass is 79.9. The number of nitrogens with zero attached hydrogens (tertiary/aromatic N) is 1. The molecule has 0 atom stereocenters. The molecule has 2 saturated heterocycles. The van der Waals surface area contributed by atoms with Gasteiger partial charge in [0.15, 0.2) is 9.79 Å². The topological polar surface area (TPSA) is 342 Å². The van der Waals surface area contributed by atoms with Gasteiger partial charge in [-0.3, -0.25) is 33.4 Å². The summed E-state index contributed by atoms with van der Waals surface area (Å²) in [6.07, 6.45) is 7.63. The van der Waals surface area contributed by atoms with E-state index in [1.807, 2.05) is 78.9 Å². The molecule has 6 heterocycles. The van der Waals surface area contributed by atoms with Gasteiger partial charge in [-0.25, -0.2) is 38.4 Å². The fourth-order valence-corrected chi connectivity index (χ4v) is 12.5. The van der Waals surface area contributed by atoms with E-state index < -0.39 is 72.1 Å². The zero-order chi connectivity index (χ0) is 68.3. The Kier molecular flexibility index (Phi) is 25.7. The van der Waals surface area contributed by atoms with Crippen LogP contribution >= 0.6 is 58.5 Å². The first-order valence-corrected chi connectivity index (χ1v) is 35.2. The lowest BCUT2D eigenvalue weighted by molar-refractivity contribution is 0.0651. The van der Waals surface area contributed by atoms with Crippen LogP contribution in [0.25, 0.3) is 33.4 Å². The molecule has 2 aliphatic heterocycles. The lowest BCUT2D eigenvalue weighted by Gasteiger charge is -2.30. The number of halogens is 7. The number of benzene rings is 6. The molecule has 1 amide bonds. The Balaban J connectivity index is 0.000000174. The minimum atomic E-state index is -4.44. The Morgan fingerprint density at radius 1 is 0.447 bits per heavy atom. The van der Waals surface area contributed by atoms with Gasteiger partial charge in [-0.05, 0) is 168 Å². The molecule has 0 radical (unpaired) electrons. The maximum atomic E-state index is 14.3. The van der Waals surface area contributed by atoms with Crippen LogP contribution < -0.4 is 48.5 Å². The van der Waals surface area contributed by atoms with Crippen LogP contribution in [0.2, 0.25) is 0 Å². The van der Waals surface area contributed by atoms with Gasteiger partial charge >= 0.3 is 0 Å². The molecule has 10 aromatic rings. The average molecular weight is 1560 g/mol. The number of rotatable bonds is 11. The highest BCUT2D eigenvalue weighted by molar-refractivity contribution is 9.11. The first-order valence-electron chi connectivity index (χ1n) is 27.5. The minimum absolute atomic E-state index is 0.0492. The number of hydrogen-bond donors (Lipinski definition) is 9. The van der Waals surface area contributed by atoms with Crippen molar-refractivity contribution in [3.8, 4) is 33.4 Å². The van der Waals surface area contributed by atoms with Crippen molar-refractivity contribution in [1.82, 2.24) is 30.2 Å². The van der Waals surface area contributed by atoms with Gasteiger partial charge < -0.3 is 41.6 Å². The zero-order valence-corrected chi connectivity index (χ0v) is 56.6. The van der Waals surface area contributed by atoms with E-state index in [1.54, 1.807) is 47.5 Å². The average Bonchev–Trinajstić information content (AvgIpc) is 0.805. The minimum Gasteiger partial charge on any atom is -0.396 e. The van der Waals surface area contributed by atoms with E-state index in [2.05, 4.69) is 82.5 Å². The summed E-state index contributed by atoms with van der Waals surface area (Å²) in [4.78, 5) is 66.9. The van der Waals surface area contributed by atoms with Crippen molar-refractivity contribution in [2.45, 2.75) is 27.5 Å². The molecule has 2 aliphatic rings. The lowest BCUT2D eigenvalue weighted by atomic mass is 10.1. The van der Waals surface area contributed by atoms with Crippen LogP contribution in [-0.2, 0) is 29.1 Å². The predicted octanol–water partition coefficient (Wildman–Crippen LogP) is 11.4. The van der Waals surface area contributed by atoms with Gasteiger partial charge in [-0.15, -0.1) is 0 Å². The summed E-state index contributed by atoms with van der Waals surface area (Å²) in [5, 5.41) is 3.11. The molecule has 0 bridgehead atoms. The number of nitrogens with two attached hydrogens (primary N) is 2. The van der Waals surface area contributed by atoms with E-state index >= 15 is 0 Å². The number of likely N-dealkylation sites (tertiary alicyclic amines) is 1. The van der Waals surface area contributed by atoms with Crippen LogP contribution in [0.15, 0.2) is 242 Å². The van der Waals surface area contributed by atoms with Crippen molar-refractivity contribution >= 4 is 116 Å². The maximum Gasteiger partial charge on any atom is 0.271 e. The summed E-state index contributed by atoms with van der Waals surface area (Å²) in [5.74, 6) is -2.27. The van der Waals surface area contributed by atoms with Crippen LogP contribution in [-0.4, -0.2) is 82.2 Å². The number of amides is 1. The zero-order valence-electron chi connectivity index (χ0n) is 48.7. The standard InChI is InChI=1S/C21H18FN3O4S.C17H12BrFN2O3S.C12H10FN.C5H3BrClNO3S.C5H5BrN2O.C3H7N/c22-17-8-7-15(14-5-2-1-3-6-14)11-18(17)24-30(28,29)19-12-16(13-23-20(19)26)21(27)25-9-4-10-25;18-13-9-16(17(22)20-10-13)25(23,24)21-15-8-12(6-7-14(15)19)11-4-2-1-3-5-11;13-11-7-6-10(8-12(11)14)9-4-2-1-3-5-9;6-3-1-4(12(7,10)11)5(9)8-2-3;6-3-1-4(7)5(9)8-2-3;1-2-4-3-1/h1-3,5-8,11-13,24H,4,9-10H2,(H,23,26);1-10,21H,(H,20,22);1-8H,14H2;1-2H,(H,8,9);1-2H,7H2,(H,8,9);4H,1-3H2. The first-order chi connectivity index (χ1) is 44.6. The van der Waals surface area contributed by atoms with Gasteiger partial charge in [0.25, 0.3) is 57.2 Å². The molecule has 2 fully saturated rings. The number of nitrogens with one attached hydrogen (secondary N) is 7. The van der Waals surface area contributed by atoms with E-state index in [9.17, 15) is 62.4 Å². The molecule has 11 N–H and O–H groups in total. The number of H-pyrrole nitrogens is 4. The summed E-state index contributed by atoms with van der Waals surface area (Å²) in [6, 6.07) is 45.7. The molecule has 6 aromatic carbocycles.